The molecular weight excluding hydrogens is 330 g/mol. The number of rotatable bonds is 7. The van der Waals surface area contributed by atoms with Gasteiger partial charge in [0.2, 0.25) is 0 Å². The summed E-state index contributed by atoms with van der Waals surface area (Å²) >= 11 is 0. The van der Waals surface area contributed by atoms with Crippen molar-refractivity contribution < 1.29 is 19.1 Å². The maximum atomic E-state index is 12.7. The smallest absolute Gasteiger partial charge is 0.328 e. The van der Waals surface area contributed by atoms with Crippen LogP contribution in [0, 0.1) is 13.8 Å². The van der Waals surface area contributed by atoms with Crippen molar-refractivity contribution in [3.8, 4) is 0 Å². The zero-order valence-electron chi connectivity index (χ0n) is 15.6. The van der Waals surface area contributed by atoms with Gasteiger partial charge in [0.05, 0.1) is 7.11 Å². The van der Waals surface area contributed by atoms with Crippen LogP contribution in [0.5, 0.6) is 0 Å². The van der Waals surface area contributed by atoms with E-state index in [1.165, 1.54) is 14.2 Å². The highest BCUT2D eigenvalue weighted by Gasteiger charge is 2.28. The molecule has 138 valence electrons. The van der Waals surface area contributed by atoms with Crippen molar-refractivity contribution in [1.82, 2.24) is 5.32 Å². The molecule has 0 aromatic heterocycles. The molecule has 0 spiro atoms. The molecule has 0 bridgehead atoms. The number of esters is 1. The van der Waals surface area contributed by atoms with Crippen LogP contribution in [-0.2, 0) is 25.5 Å². The molecule has 0 unspecified atom stereocenters. The van der Waals surface area contributed by atoms with Gasteiger partial charge in [-0.1, -0.05) is 48.5 Å². The average molecular weight is 355 g/mol. The fourth-order valence-corrected chi connectivity index (χ4v) is 2.98. The Kier molecular flexibility index (Phi) is 6.92. The van der Waals surface area contributed by atoms with Gasteiger partial charge in [-0.25, -0.2) is 4.79 Å². The number of hydrogen-bond donors (Lipinski definition) is 1. The molecule has 2 atom stereocenters. The average Bonchev–Trinajstić information content (AvgIpc) is 2.64. The predicted octanol–water partition coefficient (Wildman–Crippen LogP) is 2.89. The quantitative estimate of drug-likeness (QED) is 0.776. The predicted molar refractivity (Wildman–Crippen MR) is 99.8 cm³/mol. The van der Waals surface area contributed by atoms with Gasteiger partial charge in [0.15, 0.2) is 6.10 Å². The first-order chi connectivity index (χ1) is 12.5. The first-order valence-electron chi connectivity index (χ1n) is 8.49. The van der Waals surface area contributed by atoms with Gasteiger partial charge in [-0.2, -0.15) is 0 Å². The lowest BCUT2D eigenvalue weighted by Crippen LogP contribution is -2.45. The number of ether oxygens (including phenoxy) is 2. The summed E-state index contributed by atoms with van der Waals surface area (Å²) in [5, 5.41) is 2.78. The summed E-state index contributed by atoms with van der Waals surface area (Å²) in [5.74, 6) is -0.857. The van der Waals surface area contributed by atoms with Crippen molar-refractivity contribution in [3.63, 3.8) is 0 Å². The standard InChI is InChI=1S/C21H25NO4/c1-14-9-8-10-15(2)17(14)13-18(21(24)26-4)22-20(23)19(25-3)16-11-6-5-7-12-16/h5-12,18-19H,13H2,1-4H3,(H,22,23)/t18-,19-/m0/s1. The minimum Gasteiger partial charge on any atom is -0.467 e. The van der Waals surface area contributed by atoms with Gasteiger partial charge in [-0.3, -0.25) is 4.79 Å². The first kappa shape index (κ1) is 19.7. The van der Waals surface area contributed by atoms with E-state index < -0.39 is 18.1 Å². The van der Waals surface area contributed by atoms with Crippen LogP contribution in [0.4, 0.5) is 0 Å². The van der Waals surface area contributed by atoms with Crippen LogP contribution in [0.3, 0.4) is 0 Å². The highest BCUT2D eigenvalue weighted by molar-refractivity contribution is 5.88. The van der Waals surface area contributed by atoms with Gasteiger partial charge in [0, 0.05) is 13.5 Å². The van der Waals surface area contributed by atoms with Crippen molar-refractivity contribution in [2.45, 2.75) is 32.4 Å². The zero-order chi connectivity index (χ0) is 19.1. The molecule has 0 aliphatic rings. The summed E-state index contributed by atoms with van der Waals surface area (Å²) < 4.78 is 10.2. The van der Waals surface area contributed by atoms with E-state index in [4.69, 9.17) is 9.47 Å². The van der Waals surface area contributed by atoms with E-state index in [0.717, 1.165) is 22.3 Å². The Bertz CT molecular complexity index is 738. The number of carbonyl (C=O) groups is 2. The number of aryl methyl sites for hydroxylation is 2. The van der Waals surface area contributed by atoms with E-state index in [1.807, 2.05) is 62.4 Å². The summed E-state index contributed by atoms with van der Waals surface area (Å²) in [5.41, 5.74) is 3.89. The normalized spacial score (nSPS) is 12.9. The molecule has 0 saturated carbocycles. The van der Waals surface area contributed by atoms with E-state index >= 15 is 0 Å². The Morgan fingerprint density at radius 1 is 0.962 bits per heavy atom. The Morgan fingerprint density at radius 2 is 1.58 bits per heavy atom. The molecule has 0 fully saturated rings. The molecular formula is C21H25NO4. The van der Waals surface area contributed by atoms with Crippen LogP contribution in [-0.4, -0.2) is 32.1 Å². The number of nitrogens with one attached hydrogen (secondary N) is 1. The van der Waals surface area contributed by atoms with Crippen molar-refractivity contribution in [3.05, 3.63) is 70.8 Å². The number of carbonyl (C=O) groups excluding carboxylic acids is 2. The second kappa shape index (κ2) is 9.15. The van der Waals surface area contributed by atoms with Crippen LogP contribution in [0.25, 0.3) is 0 Å². The molecule has 1 amide bonds. The number of amides is 1. The monoisotopic (exact) mass is 355 g/mol. The summed E-state index contributed by atoms with van der Waals surface area (Å²) in [6, 6.07) is 14.3. The molecule has 0 saturated heterocycles. The first-order valence-corrected chi connectivity index (χ1v) is 8.49. The van der Waals surface area contributed by atoms with Crippen LogP contribution < -0.4 is 5.32 Å². The van der Waals surface area contributed by atoms with Crippen molar-refractivity contribution >= 4 is 11.9 Å². The Hall–Kier alpha value is -2.66. The fourth-order valence-electron chi connectivity index (χ4n) is 2.98. The Balaban J connectivity index is 2.22. The number of methoxy groups -OCH3 is 2. The summed E-state index contributed by atoms with van der Waals surface area (Å²) in [6.45, 7) is 3.97. The summed E-state index contributed by atoms with van der Waals surface area (Å²) in [4.78, 5) is 25.0. The molecule has 5 nitrogen and oxygen atoms in total. The molecule has 2 rings (SSSR count). The molecule has 0 radical (unpaired) electrons. The minimum absolute atomic E-state index is 0.363. The third kappa shape index (κ3) is 4.70. The third-order valence-corrected chi connectivity index (χ3v) is 4.43. The highest BCUT2D eigenvalue weighted by Crippen LogP contribution is 2.19. The molecule has 0 heterocycles. The van der Waals surface area contributed by atoms with Gasteiger partial charge in [0.1, 0.15) is 6.04 Å². The van der Waals surface area contributed by atoms with Gasteiger partial charge in [0.25, 0.3) is 5.91 Å². The second-order valence-electron chi connectivity index (χ2n) is 6.19. The SMILES string of the molecule is COC(=O)[C@H](Cc1c(C)cccc1C)NC(=O)[C@@H](OC)c1ccccc1. The van der Waals surface area contributed by atoms with Crippen molar-refractivity contribution in [1.29, 1.82) is 0 Å². The third-order valence-electron chi connectivity index (χ3n) is 4.43. The Morgan fingerprint density at radius 3 is 2.12 bits per heavy atom. The molecule has 2 aromatic carbocycles. The number of benzene rings is 2. The minimum atomic E-state index is -0.790. The van der Waals surface area contributed by atoms with Gasteiger partial charge in [-0.05, 0) is 36.1 Å². The molecule has 5 heteroatoms. The van der Waals surface area contributed by atoms with E-state index in [-0.39, 0.29) is 5.91 Å². The lowest BCUT2D eigenvalue weighted by Gasteiger charge is -2.22. The Labute approximate surface area is 154 Å². The maximum absolute atomic E-state index is 12.7. The van der Waals surface area contributed by atoms with E-state index in [9.17, 15) is 9.59 Å². The van der Waals surface area contributed by atoms with Crippen LogP contribution in [0.15, 0.2) is 48.5 Å². The zero-order valence-corrected chi connectivity index (χ0v) is 15.6. The second-order valence-corrected chi connectivity index (χ2v) is 6.19. The fraction of sp³-hybridized carbons (Fsp3) is 0.333. The van der Waals surface area contributed by atoms with Crippen LogP contribution >= 0.6 is 0 Å². The van der Waals surface area contributed by atoms with E-state index in [2.05, 4.69) is 5.32 Å². The van der Waals surface area contributed by atoms with E-state index in [1.54, 1.807) is 0 Å². The highest BCUT2D eigenvalue weighted by atomic mass is 16.5. The van der Waals surface area contributed by atoms with Gasteiger partial charge in [-0.15, -0.1) is 0 Å². The number of hydrogen-bond acceptors (Lipinski definition) is 4. The van der Waals surface area contributed by atoms with Crippen molar-refractivity contribution in [2.24, 2.45) is 0 Å². The largest absolute Gasteiger partial charge is 0.467 e. The summed E-state index contributed by atoms with van der Waals surface area (Å²) in [6.07, 6.45) is -0.427. The molecule has 1 N–H and O–H groups in total. The van der Waals surface area contributed by atoms with Crippen LogP contribution in [0.2, 0.25) is 0 Å². The lowest BCUT2D eigenvalue weighted by molar-refractivity contribution is -0.146. The summed E-state index contributed by atoms with van der Waals surface area (Å²) in [7, 11) is 2.78. The molecule has 26 heavy (non-hydrogen) atoms. The lowest BCUT2D eigenvalue weighted by atomic mass is 9.96. The van der Waals surface area contributed by atoms with E-state index in [0.29, 0.717) is 6.42 Å². The van der Waals surface area contributed by atoms with Gasteiger partial charge < -0.3 is 14.8 Å². The molecule has 2 aromatic rings. The van der Waals surface area contributed by atoms with Crippen LogP contribution in [0.1, 0.15) is 28.4 Å². The maximum Gasteiger partial charge on any atom is 0.328 e. The molecule has 0 aliphatic carbocycles. The molecule has 0 aliphatic heterocycles. The van der Waals surface area contributed by atoms with Gasteiger partial charge >= 0.3 is 5.97 Å². The topological polar surface area (TPSA) is 64.6 Å². The van der Waals surface area contributed by atoms with Crippen molar-refractivity contribution in [2.75, 3.05) is 14.2 Å².